The fourth-order valence-electron chi connectivity index (χ4n) is 3.40. The lowest BCUT2D eigenvalue weighted by Gasteiger charge is -2.38. The Hall–Kier alpha value is -1.88. The van der Waals surface area contributed by atoms with Crippen molar-refractivity contribution in [3.05, 3.63) is 34.9 Å². The molecular weight excluding hydrogens is 306 g/mol. The standard InChI is InChI=1S/C19H27NO4/c1-13-4-5-14(2)16(10-13)11-17(22)20-19(18(23)24-3)8-6-15(12-21)7-9-19/h4-5,10,15,21H,6-9,11-12H2,1-3H3,(H,20,22). The molecule has 0 spiro atoms. The fourth-order valence-corrected chi connectivity index (χ4v) is 3.40. The van der Waals surface area contributed by atoms with Crippen LogP contribution in [0.4, 0.5) is 0 Å². The smallest absolute Gasteiger partial charge is 0.331 e. The van der Waals surface area contributed by atoms with Crippen LogP contribution >= 0.6 is 0 Å². The predicted octanol–water partition coefficient (Wildman–Crippen LogP) is 2.06. The van der Waals surface area contributed by atoms with Crippen molar-refractivity contribution in [1.82, 2.24) is 5.32 Å². The van der Waals surface area contributed by atoms with E-state index in [-0.39, 0.29) is 24.9 Å². The molecule has 2 N–H and O–H groups in total. The van der Waals surface area contributed by atoms with E-state index < -0.39 is 11.5 Å². The monoisotopic (exact) mass is 333 g/mol. The van der Waals surface area contributed by atoms with E-state index >= 15 is 0 Å². The number of esters is 1. The van der Waals surface area contributed by atoms with E-state index in [1.54, 1.807) is 0 Å². The Balaban J connectivity index is 2.10. The van der Waals surface area contributed by atoms with Gasteiger partial charge in [-0.3, -0.25) is 4.79 Å². The first-order valence-corrected chi connectivity index (χ1v) is 8.46. The van der Waals surface area contributed by atoms with Crippen molar-refractivity contribution in [3.63, 3.8) is 0 Å². The number of carbonyl (C=O) groups is 2. The number of ether oxygens (including phenoxy) is 1. The Morgan fingerprint density at radius 1 is 1.29 bits per heavy atom. The zero-order valence-corrected chi connectivity index (χ0v) is 14.7. The van der Waals surface area contributed by atoms with E-state index in [1.165, 1.54) is 7.11 Å². The molecule has 0 heterocycles. The normalized spacial score (nSPS) is 23.6. The molecule has 0 bridgehead atoms. The molecule has 0 unspecified atom stereocenters. The molecular formula is C19H27NO4. The number of benzene rings is 1. The fraction of sp³-hybridized carbons (Fsp3) is 0.579. The highest BCUT2D eigenvalue weighted by Crippen LogP contribution is 2.33. The highest BCUT2D eigenvalue weighted by molar-refractivity contribution is 5.89. The largest absolute Gasteiger partial charge is 0.467 e. The molecule has 1 aliphatic carbocycles. The van der Waals surface area contributed by atoms with Crippen molar-refractivity contribution in [2.75, 3.05) is 13.7 Å². The SMILES string of the molecule is COC(=O)C1(NC(=O)Cc2cc(C)ccc2C)CCC(CO)CC1. The first kappa shape index (κ1) is 18.5. The molecule has 1 saturated carbocycles. The molecule has 132 valence electrons. The summed E-state index contributed by atoms with van der Waals surface area (Å²) < 4.78 is 4.94. The Labute approximate surface area is 143 Å². The second-order valence-electron chi connectivity index (χ2n) is 6.85. The van der Waals surface area contributed by atoms with E-state index in [9.17, 15) is 14.7 Å². The van der Waals surface area contributed by atoms with Crippen LogP contribution in [0.5, 0.6) is 0 Å². The van der Waals surface area contributed by atoms with E-state index in [0.717, 1.165) is 16.7 Å². The second-order valence-corrected chi connectivity index (χ2v) is 6.85. The third kappa shape index (κ3) is 4.15. The number of rotatable bonds is 5. The van der Waals surface area contributed by atoms with Gasteiger partial charge in [-0.2, -0.15) is 0 Å². The quantitative estimate of drug-likeness (QED) is 0.809. The molecule has 1 fully saturated rings. The van der Waals surface area contributed by atoms with Gasteiger partial charge < -0.3 is 15.2 Å². The lowest BCUT2D eigenvalue weighted by molar-refractivity contribution is -0.153. The van der Waals surface area contributed by atoms with Gasteiger partial charge in [0.25, 0.3) is 0 Å². The minimum Gasteiger partial charge on any atom is -0.467 e. The average Bonchev–Trinajstić information content (AvgIpc) is 2.58. The summed E-state index contributed by atoms with van der Waals surface area (Å²) >= 11 is 0. The van der Waals surface area contributed by atoms with Crippen molar-refractivity contribution >= 4 is 11.9 Å². The van der Waals surface area contributed by atoms with Gasteiger partial charge in [0.1, 0.15) is 5.54 Å². The molecule has 1 amide bonds. The number of aliphatic hydroxyl groups excluding tert-OH is 1. The Kier molecular flexibility index (Phi) is 5.99. The molecule has 24 heavy (non-hydrogen) atoms. The van der Waals surface area contributed by atoms with Crippen molar-refractivity contribution in [2.45, 2.75) is 51.5 Å². The Bertz CT molecular complexity index is 603. The number of amides is 1. The summed E-state index contributed by atoms with van der Waals surface area (Å²) in [4.78, 5) is 24.8. The van der Waals surface area contributed by atoms with Crippen LogP contribution in [-0.2, 0) is 20.7 Å². The third-order valence-corrected chi connectivity index (χ3v) is 5.03. The number of methoxy groups -OCH3 is 1. The Morgan fingerprint density at radius 2 is 1.96 bits per heavy atom. The van der Waals surface area contributed by atoms with Crippen molar-refractivity contribution < 1.29 is 19.4 Å². The van der Waals surface area contributed by atoms with Crippen LogP contribution in [0.3, 0.4) is 0 Å². The number of hydrogen-bond donors (Lipinski definition) is 2. The maximum absolute atomic E-state index is 12.6. The molecule has 1 aliphatic rings. The first-order chi connectivity index (χ1) is 11.4. The minimum absolute atomic E-state index is 0.119. The molecule has 0 radical (unpaired) electrons. The molecule has 1 aromatic carbocycles. The first-order valence-electron chi connectivity index (χ1n) is 8.46. The molecule has 5 nitrogen and oxygen atoms in total. The van der Waals surface area contributed by atoms with Crippen molar-refractivity contribution in [1.29, 1.82) is 0 Å². The van der Waals surface area contributed by atoms with E-state index in [2.05, 4.69) is 5.32 Å². The number of aryl methyl sites for hydroxylation is 2. The van der Waals surface area contributed by atoms with Gasteiger partial charge in [-0.25, -0.2) is 4.79 Å². The topological polar surface area (TPSA) is 75.6 Å². The van der Waals surface area contributed by atoms with Crippen LogP contribution in [-0.4, -0.2) is 36.2 Å². The molecule has 0 atom stereocenters. The highest BCUT2D eigenvalue weighted by atomic mass is 16.5. The zero-order valence-electron chi connectivity index (χ0n) is 14.7. The maximum Gasteiger partial charge on any atom is 0.331 e. The minimum atomic E-state index is -0.963. The summed E-state index contributed by atoms with van der Waals surface area (Å²) in [6.45, 7) is 4.09. The molecule has 0 aliphatic heterocycles. The average molecular weight is 333 g/mol. The Morgan fingerprint density at radius 3 is 2.54 bits per heavy atom. The molecule has 0 aromatic heterocycles. The van der Waals surface area contributed by atoms with Gasteiger partial charge in [-0.15, -0.1) is 0 Å². The van der Waals surface area contributed by atoms with Gasteiger partial charge in [0.05, 0.1) is 13.5 Å². The summed E-state index contributed by atoms with van der Waals surface area (Å²) in [5, 5.41) is 12.2. The summed E-state index contributed by atoms with van der Waals surface area (Å²) in [6, 6.07) is 6.02. The predicted molar refractivity (Wildman–Crippen MR) is 91.6 cm³/mol. The molecule has 5 heteroatoms. The summed E-state index contributed by atoms with van der Waals surface area (Å²) in [5.74, 6) is -0.372. The zero-order chi connectivity index (χ0) is 17.7. The van der Waals surface area contributed by atoms with Crippen molar-refractivity contribution in [3.8, 4) is 0 Å². The van der Waals surface area contributed by atoms with Gasteiger partial charge in [-0.05, 0) is 56.6 Å². The number of aliphatic hydroxyl groups is 1. The summed E-state index contributed by atoms with van der Waals surface area (Å²) in [6.07, 6.45) is 2.66. The lowest BCUT2D eigenvalue weighted by Crippen LogP contribution is -2.57. The van der Waals surface area contributed by atoms with Gasteiger partial charge >= 0.3 is 5.97 Å². The van der Waals surface area contributed by atoms with Crippen LogP contribution in [0.1, 0.15) is 42.4 Å². The van der Waals surface area contributed by atoms with Gasteiger partial charge in [0, 0.05) is 6.61 Å². The number of carbonyl (C=O) groups excluding carboxylic acids is 2. The van der Waals surface area contributed by atoms with Crippen LogP contribution in [0, 0.1) is 19.8 Å². The van der Waals surface area contributed by atoms with E-state index in [0.29, 0.717) is 25.7 Å². The molecule has 1 aromatic rings. The van der Waals surface area contributed by atoms with Crippen LogP contribution in [0.25, 0.3) is 0 Å². The molecule has 0 saturated heterocycles. The van der Waals surface area contributed by atoms with Gasteiger partial charge in [-0.1, -0.05) is 23.8 Å². The van der Waals surface area contributed by atoms with Crippen molar-refractivity contribution in [2.24, 2.45) is 5.92 Å². The third-order valence-electron chi connectivity index (χ3n) is 5.03. The van der Waals surface area contributed by atoms with Crippen LogP contribution in [0.2, 0.25) is 0 Å². The maximum atomic E-state index is 12.6. The number of hydrogen-bond acceptors (Lipinski definition) is 4. The van der Waals surface area contributed by atoms with Crippen LogP contribution < -0.4 is 5.32 Å². The van der Waals surface area contributed by atoms with Crippen LogP contribution in [0.15, 0.2) is 18.2 Å². The van der Waals surface area contributed by atoms with E-state index in [1.807, 2.05) is 32.0 Å². The summed E-state index contributed by atoms with van der Waals surface area (Å²) in [5.41, 5.74) is 2.17. The van der Waals surface area contributed by atoms with Gasteiger partial charge in [0.2, 0.25) is 5.91 Å². The molecule has 2 rings (SSSR count). The van der Waals surface area contributed by atoms with E-state index in [4.69, 9.17) is 4.74 Å². The van der Waals surface area contributed by atoms with Gasteiger partial charge in [0.15, 0.2) is 0 Å². The number of nitrogens with one attached hydrogen (secondary N) is 1. The second kappa shape index (κ2) is 7.79. The summed E-state index contributed by atoms with van der Waals surface area (Å²) in [7, 11) is 1.35. The lowest BCUT2D eigenvalue weighted by atomic mass is 9.76. The highest BCUT2D eigenvalue weighted by Gasteiger charge is 2.43.